The summed E-state index contributed by atoms with van der Waals surface area (Å²) in [7, 11) is 3.85. The maximum Gasteiger partial charge on any atom is 0.193 e. The van der Waals surface area contributed by atoms with Crippen molar-refractivity contribution in [3.05, 3.63) is 23.8 Å². The molecule has 3 heterocycles. The van der Waals surface area contributed by atoms with Gasteiger partial charge in [-0.05, 0) is 37.5 Å². The van der Waals surface area contributed by atoms with E-state index in [1.54, 1.807) is 11.8 Å². The second kappa shape index (κ2) is 9.85. The van der Waals surface area contributed by atoms with Crippen molar-refractivity contribution in [3.63, 3.8) is 0 Å². The van der Waals surface area contributed by atoms with Crippen LogP contribution in [-0.4, -0.2) is 68.3 Å². The fourth-order valence-electron chi connectivity index (χ4n) is 4.80. The van der Waals surface area contributed by atoms with Crippen LogP contribution in [0.4, 0.5) is 0 Å². The van der Waals surface area contributed by atoms with Crippen molar-refractivity contribution < 1.29 is 0 Å². The Morgan fingerprint density at radius 1 is 1.27 bits per heavy atom. The van der Waals surface area contributed by atoms with Gasteiger partial charge in [0.25, 0.3) is 0 Å². The summed E-state index contributed by atoms with van der Waals surface area (Å²) >= 11 is 1.71. The fraction of sp³-hybridized carbons (Fsp3) is 0.714. The normalized spacial score (nSPS) is 20.4. The molecule has 1 unspecified atom stereocenters. The van der Waals surface area contributed by atoms with E-state index in [0.29, 0.717) is 12.0 Å². The number of nitrogens with zero attached hydrogens (tertiary/aromatic N) is 7. The molecule has 2 aromatic rings. The molecular formula is C21H34N8S. The van der Waals surface area contributed by atoms with Crippen molar-refractivity contribution in [2.75, 3.05) is 32.9 Å². The third-order valence-electron chi connectivity index (χ3n) is 6.36. The minimum Gasteiger partial charge on any atom is -0.356 e. The molecule has 1 saturated heterocycles. The van der Waals surface area contributed by atoms with Gasteiger partial charge in [-0.1, -0.05) is 24.6 Å². The van der Waals surface area contributed by atoms with Gasteiger partial charge < -0.3 is 14.8 Å². The van der Waals surface area contributed by atoms with Crippen LogP contribution in [0.3, 0.4) is 0 Å². The predicted molar refractivity (Wildman–Crippen MR) is 121 cm³/mol. The summed E-state index contributed by atoms with van der Waals surface area (Å²) in [6, 6.07) is 0.590. The van der Waals surface area contributed by atoms with Crippen LogP contribution >= 0.6 is 11.8 Å². The predicted octanol–water partition coefficient (Wildman–Crippen LogP) is 2.85. The first-order valence-corrected chi connectivity index (χ1v) is 12.3. The highest BCUT2D eigenvalue weighted by Gasteiger charge is 2.27. The van der Waals surface area contributed by atoms with Gasteiger partial charge in [0.1, 0.15) is 5.82 Å². The fourth-order valence-corrected chi connectivity index (χ4v) is 5.37. The van der Waals surface area contributed by atoms with Gasteiger partial charge in [-0.2, -0.15) is 5.10 Å². The molecule has 2 aromatic heterocycles. The molecule has 0 spiro atoms. The number of likely N-dealkylation sites (tertiary alicyclic amines) is 1. The summed E-state index contributed by atoms with van der Waals surface area (Å²) < 4.78 is 4.29. The average Bonchev–Trinajstić information content (AvgIpc) is 3.53. The molecule has 1 atom stereocenters. The minimum absolute atomic E-state index is 0.534. The molecule has 4 rings (SSSR count). The van der Waals surface area contributed by atoms with Crippen LogP contribution in [0.5, 0.6) is 0 Å². The second-order valence-electron chi connectivity index (χ2n) is 8.37. The van der Waals surface area contributed by atoms with Crippen molar-refractivity contribution in [1.82, 2.24) is 34.8 Å². The van der Waals surface area contributed by atoms with Crippen LogP contribution < -0.4 is 5.32 Å². The Morgan fingerprint density at radius 2 is 2.10 bits per heavy atom. The van der Waals surface area contributed by atoms with Gasteiger partial charge in [-0.15, -0.1) is 10.2 Å². The number of aliphatic imine (C=N–C) groups is 1. The Hall–Kier alpha value is -2.03. The molecule has 1 aliphatic heterocycles. The van der Waals surface area contributed by atoms with Crippen LogP contribution in [0, 0.1) is 0 Å². The highest BCUT2D eigenvalue weighted by Crippen LogP contribution is 2.33. The standard InChI is InChI=1S/C21H34N8S/c1-22-20(28-12-10-16(15-28)17-13-24-27(2)14-17)23-11-6-9-19-25-26-21(30-3)29(19)18-7-4-5-8-18/h13-14,16,18H,4-12,15H2,1-3H3,(H,22,23). The number of rotatable bonds is 7. The van der Waals surface area contributed by atoms with Crippen LogP contribution in [0.25, 0.3) is 0 Å². The van der Waals surface area contributed by atoms with E-state index in [9.17, 15) is 0 Å². The third-order valence-corrected chi connectivity index (χ3v) is 7.01. The summed E-state index contributed by atoms with van der Waals surface area (Å²) in [6.45, 7) is 2.93. The lowest BCUT2D eigenvalue weighted by Crippen LogP contribution is -2.40. The number of aryl methyl sites for hydroxylation is 2. The van der Waals surface area contributed by atoms with Crippen molar-refractivity contribution >= 4 is 17.7 Å². The average molecular weight is 431 g/mol. The molecule has 9 heteroatoms. The molecule has 0 amide bonds. The summed E-state index contributed by atoms with van der Waals surface area (Å²) in [6.07, 6.45) is 14.5. The van der Waals surface area contributed by atoms with Gasteiger partial charge in [0.05, 0.1) is 6.20 Å². The van der Waals surface area contributed by atoms with E-state index in [1.807, 2.05) is 25.0 Å². The molecule has 8 nitrogen and oxygen atoms in total. The van der Waals surface area contributed by atoms with Crippen molar-refractivity contribution in [2.24, 2.45) is 12.0 Å². The monoisotopic (exact) mass is 430 g/mol. The summed E-state index contributed by atoms with van der Waals surface area (Å²) in [4.78, 5) is 6.89. The zero-order valence-corrected chi connectivity index (χ0v) is 19.2. The molecule has 0 aromatic carbocycles. The highest BCUT2D eigenvalue weighted by molar-refractivity contribution is 7.98. The molecule has 0 bridgehead atoms. The lowest BCUT2D eigenvalue weighted by molar-refractivity contribution is 0.458. The van der Waals surface area contributed by atoms with Crippen molar-refractivity contribution in [2.45, 2.75) is 62.1 Å². The van der Waals surface area contributed by atoms with Crippen LogP contribution in [0.1, 0.15) is 61.9 Å². The molecule has 1 N–H and O–H groups in total. The van der Waals surface area contributed by atoms with E-state index in [2.05, 4.69) is 47.5 Å². The number of nitrogens with one attached hydrogen (secondary N) is 1. The smallest absolute Gasteiger partial charge is 0.193 e. The maximum absolute atomic E-state index is 4.52. The molecule has 0 radical (unpaired) electrons. The van der Waals surface area contributed by atoms with Gasteiger partial charge in [0.15, 0.2) is 11.1 Å². The lowest BCUT2D eigenvalue weighted by atomic mass is 10.0. The Kier molecular flexibility index (Phi) is 6.97. The molecule has 164 valence electrons. The summed E-state index contributed by atoms with van der Waals surface area (Å²) in [5, 5.41) is 17.9. The zero-order chi connectivity index (χ0) is 20.9. The van der Waals surface area contributed by atoms with Crippen LogP contribution in [0.2, 0.25) is 0 Å². The third kappa shape index (κ3) is 4.66. The number of thioether (sulfide) groups is 1. The van der Waals surface area contributed by atoms with Crippen LogP contribution in [0.15, 0.2) is 22.5 Å². The first-order valence-electron chi connectivity index (χ1n) is 11.1. The molecular weight excluding hydrogens is 396 g/mol. The Morgan fingerprint density at radius 3 is 2.80 bits per heavy atom. The minimum atomic E-state index is 0.534. The quantitative estimate of drug-likeness (QED) is 0.315. The number of hydrogen-bond donors (Lipinski definition) is 1. The van der Waals surface area contributed by atoms with E-state index in [1.165, 1.54) is 31.2 Å². The van der Waals surface area contributed by atoms with Crippen LogP contribution in [-0.2, 0) is 13.5 Å². The van der Waals surface area contributed by atoms with Gasteiger partial charge in [0, 0.05) is 58.3 Å². The first kappa shape index (κ1) is 21.2. The first-order chi connectivity index (χ1) is 14.7. The molecule has 1 saturated carbocycles. The van der Waals surface area contributed by atoms with E-state index < -0.39 is 0 Å². The number of guanidine groups is 1. The molecule has 30 heavy (non-hydrogen) atoms. The molecule has 1 aliphatic carbocycles. The van der Waals surface area contributed by atoms with Gasteiger partial charge >= 0.3 is 0 Å². The Balaban J connectivity index is 1.27. The number of aromatic nitrogens is 5. The molecule has 2 fully saturated rings. The van der Waals surface area contributed by atoms with E-state index in [0.717, 1.165) is 55.8 Å². The van der Waals surface area contributed by atoms with E-state index in [4.69, 9.17) is 0 Å². The molecule has 2 aliphatic rings. The maximum atomic E-state index is 4.52. The number of hydrogen-bond acceptors (Lipinski definition) is 5. The van der Waals surface area contributed by atoms with E-state index >= 15 is 0 Å². The van der Waals surface area contributed by atoms with E-state index in [-0.39, 0.29) is 0 Å². The largest absolute Gasteiger partial charge is 0.356 e. The Bertz CT molecular complexity index is 851. The zero-order valence-electron chi connectivity index (χ0n) is 18.4. The van der Waals surface area contributed by atoms with Gasteiger partial charge in [0.2, 0.25) is 0 Å². The SMILES string of the molecule is CN=C(NCCCc1nnc(SC)n1C1CCCC1)N1CCC(c2cnn(C)c2)C1. The topological polar surface area (TPSA) is 76.2 Å². The summed E-state index contributed by atoms with van der Waals surface area (Å²) in [5.74, 6) is 2.68. The summed E-state index contributed by atoms with van der Waals surface area (Å²) in [5.41, 5.74) is 1.33. The van der Waals surface area contributed by atoms with Gasteiger partial charge in [-0.25, -0.2) is 0 Å². The lowest BCUT2D eigenvalue weighted by Gasteiger charge is -2.21. The second-order valence-corrected chi connectivity index (χ2v) is 9.14. The van der Waals surface area contributed by atoms with Crippen molar-refractivity contribution in [1.29, 1.82) is 0 Å². The van der Waals surface area contributed by atoms with Gasteiger partial charge in [-0.3, -0.25) is 9.67 Å². The Labute approximate surface area is 183 Å². The highest BCUT2D eigenvalue weighted by atomic mass is 32.2. The van der Waals surface area contributed by atoms with Crippen molar-refractivity contribution in [3.8, 4) is 0 Å².